The number of hydrogen-bond acceptors (Lipinski definition) is 6. The lowest BCUT2D eigenvalue weighted by Gasteiger charge is -2.30. The summed E-state index contributed by atoms with van der Waals surface area (Å²) >= 11 is 6.76. The molecular formula is C24H33N5O2S2. The van der Waals surface area contributed by atoms with Crippen molar-refractivity contribution in [2.24, 2.45) is 0 Å². The maximum atomic E-state index is 13.0. The molecule has 178 valence electrons. The molecule has 0 bridgehead atoms. The fourth-order valence-electron chi connectivity index (χ4n) is 3.95. The van der Waals surface area contributed by atoms with Gasteiger partial charge in [-0.15, -0.1) is 11.3 Å². The van der Waals surface area contributed by atoms with E-state index in [0.29, 0.717) is 17.4 Å². The second-order valence-electron chi connectivity index (χ2n) is 8.39. The topological polar surface area (TPSA) is 77.6 Å². The van der Waals surface area contributed by atoms with Gasteiger partial charge in [0, 0.05) is 44.9 Å². The van der Waals surface area contributed by atoms with Crippen LogP contribution in [0, 0.1) is 0 Å². The lowest BCUT2D eigenvalue weighted by molar-refractivity contribution is -0.117. The first-order chi connectivity index (χ1) is 15.9. The Hall–Kier alpha value is -2.52. The zero-order valence-electron chi connectivity index (χ0n) is 19.6. The van der Waals surface area contributed by atoms with Crippen LogP contribution < -0.4 is 15.5 Å². The van der Waals surface area contributed by atoms with Gasteiger partial charge in [0.25, 0.3) is 5.91 Å². The quantitative estimate of drug-likeness (QED) is 0.529. The average molecular weight is 488 g/mol. The fraction of sp³-hybridized carbons (Fsp3) is 0.500. The lowest BCUT2D eigenvalue weighted by Crippen LogP contribution is -2.40. The Morgan fingerprint density at radius 1 is 1.24 bits per heavy atom. The normalized spacial score (nSPS) is 14.5. The van der Waals surface area contributed by atoms with Crippen molar-refractivity contribution in [1.29, 1.82) is 0 Å². The van der Waals surface area contributed by atoms with E-state index in [0.717, 1.165) is 42.3 Å². The summed E-state index contributed by atoms with van der Waals surface area (Å²) in [4.78, 5) is 33.1. The number of para-hydroxylation sites is 2. The zero-order valence-corrected chi connectivity index (χ0v) is 21.2. The molecule has 1 saturated heterocycles. The summed E-state index contributed by atoms with van der Waals surface area (Å²) in [5.41, 5.74) is 2.36. The molecule has 1 fully saturated rings. The standard InChI is InChI=1S/C24H33N5O2S2/c1-4-18(12-15-28(3)24(32)25-17(2)30)23-27-20(16-33-23)22(31)26-19-10-6-7-11-21(19)29-13-8-5-9-14-29/h6-7,10-11,16,18H,4-5,8-9,12-15H2,1-3H3,(H,26,31)(H,25,30,32). The van der Waals surface area contributed by atoms with Crippen LogP contribution in [0.5, 0.6) is 0 Å². The van der Waals surface area contributed by atoms with Gasteiger partial charge in [-0.25, -0.2) is 4.98 Å². The van der Waals surface area contributed by atoms with Crippen molar-refractivity contribution >= 4 is 51.9 Å². The Kier molecular flexibility index (Phi) is 9.20. The van der Waals surface area contributed by atoms with Gasteiger partial charge in [0.15, 0.2) is 5.11 Å². The Balaban J connectivity index is 1.63. The first kappa shape index (κ1) is 25.1. The van der Waals surface area contributed by atoms with Gasteiger partial charge in [0.1, 0.15) is 5.69 Å². The summed E-state index contributed by atoms with van der Waals surface area (Å²) in [6, 6.07) is 7.99. The highest BCUT2D eigenvalue weighted by atomic mass is 32.1. The van der Waals surface area contributed by atoms with Gasteiger partial charge < -0.3 is 20.4 Å². The molecule has 0 saturated carbocycles. The molecule has 9 heteroatoms. The molecule has 0 radical (unpaired) electrons. The van der Waals surface area contributed by atoms with Crippen molar-refractivity contribution in [3.63, 3.8) is 0 Å². The van der Waals surface area contributed by atoms with E-state index in [9.17, 15) is 9.59 Å². The highest BCUT2D eigenvalue weighted by molar-refractivity contribution is 7.80. The number of anilines is 2. The second kappa shape index (κ2) is 12.1. The Bertz CT molecular complexity index is 971. The average Bonchev–Trinajstić information content (AvgIpc) is 3.30. The molecule has 0 aliphatic carbocycles. The SMILES string of the molecule is CCC(CCN(C)C(=S)NC(C)=O)c1nc(C(=O)Nc2ccccc2N2CCCCC2)cs1. The third-order valence-corrected chi connectivity index (χ3v) is 7.31. The van der Waals surface area contributed by atoms with Gasteiger partial charge in [-0.1, -0.05) is 19.1 Å². The molecule has 7 nitrogen and oxygen atoms in total. The molecule has 2 N–H and O–H groups in total. The van der Waals surface area contributed by atoms with Crippen LogP contribution in [-0.2, 0) is 4.79 Å². The number of carbonyl (C=O) groups excluding carboxylic acids is 2. The van der Waals surface area contributed by atoms with E-state index in [4.69, 9.17) is 12.2 Å². The molecule has 33 heavy (non-hydrogen) atoms. The van der Waals surface area contributed by atoms with Crippen molar-refractivity contribution in [2.45, 2.75) is 51.9 Å². The minimum Gasteiger partial charge on any atom is -0.370 e. The Morgan fingerprint density at radius 3 is 2.67 bits per heavy atom. The molecule has 1 aliphatic heterocycles. The number of nitrogens with zero attached hydrogens (tertiary/aromatic N) is 3. The van der Waals surface area contributed by atoms with Crippen molar-refractivity contribution in [3.8, 4) is 0 Å². The number of benzene rings is 1. The van der Waals surface area contributed by atoms with Crippen molar-refractivity contribution in [1.82, 2.24) is 15.2 Å². The lowest BCUT2D eigenvalue weighted by atomic mass is 10.0. The fourth-order valence-corrected chi connectivity index (χ4v) is 5.21. The number of thiazole rings is 1. The molecule has 1 aromatic carbocycles. The highest BCUT2D eigenvalue weighted by Crippen LogP contribution is 2.30. The van der Waals surface area contributed by atoms with Crippen molar-refractivity contribution in [2.75, 3.05) is 36.9 Å². The van der Waals surface area contributed by atoms with Crippen LogP contribution in [0.25, 0.3) is 0 Å². The van der Waals surface area contributed by atoms with Gasteiger partial charge in [-0.05, 0) is 56.5 Å². The molecule has 1 atom stereocenters. The number of hydrogen-bond donors (Lipinski definition) is 2. The molecular weight excluding hydrogens is 454 g/mol. The Morgan fingerprint density at radius 2 is 1.97 bits per heavy atom. The van der Waals surface area contributed by atoms with E-state index in [1.165, 1.54) is 37.5 Å². The molecule has 2 aromatic rings. The number of amides is 2. The maximum Gasteiger partial charge on any atom is 0.275 e. The van der Waals surface area contributed by atoms with Crippen LogP contribution in [-0.4, -0.2) is 53.5 Å². The third-order valence-electron chi connectivity index (χ3n) is 5.89. The number of rotatable bonds is 8. The Labute approximate surface area is 205 Å². The molecule has 1 aromatic heterocycles. The minimum atomic E-state index is -0.180. The van der Waals surface area contributed by atoms with Crippen LogP contribution >= 0.6 is 23.6 Å². The smallest absolute Gasteiger partial charge is 0.275 e. The summed E-state index contributed by atoms with van der Waals surface area (Å²) in [5, 5.41) is 8.93. The van der Waals surface area contributed by atoms with Crippen LogP contribution in [0.4, 0.5) is 11.4 Å². The number of thiocarbonyl (C=S) groups is 1. The minimum absolute atomic E-state index is 0.170. The maximum absolute atomic E-state index is 13.0. The van der Waals surface area contributed by atoms with E-state index in [2.05, 4.69) is 33.5 Å². The number of piperidine rings is 1. The summed E-state index contributed by atoms with van der Waals surface area (Å²) in [5.74, 6) is -0.128. The van der Waals surface area contributed by atoms with Crippen molar-refractivity contribution in [3.05, 3.63) is 40.3 Å². The second-order valence-corrected chi connectivity index (χ2v) is 9.67. The highest BCUT2D eigenvalue weighted by Gasteiger charge is 2.20. The number of carbonyl (C=O) groups is 2. The molecule has 1 aliphatic rings. The van der Waals surface area contributed by atoms with E-state index in [-0.39, 0.29) is 17.7 Å². The molecule has 1 unspecified atom stereocenters. The number of nitrogens with one attached hydrogen (secondary N) is 2. The van der Waals surface area contributed by atoms with E-state index < -0.39 is 0 Å². The van der Waals surface area contributed by atoms with Gasteiger partial charge in [-0.2, -0.15) is 0 Å². The molecule has 3 rings (SSSR count). The first-order valence-corrected chi connectivity index (χ1v) is 12.8. The molecule has 2 amide bonds. The van der Waals surface area contributed by atoms with Gasteiger partial charge in [0.2, 0.25) is 5.91 Å². The van der Waals surface area contributed by atoms with E-state index >= 15 is 0 Å². The van der Waals surface area contributed by atoms with Crippen LogP contribution in [0.3, 0.4) is 0 Å². The zero-order chi connectivity index (χ0) is 23.8. The monoisotopic (exact) mass is 487 g/mol. The number of aromatic nitrogens is 1. The van der Waals surface area contributed by atoms with Crippen LogP contribution in [0.1, 0.15) is 67.4 Å². The third kappa shape index (κ3) is 6.98. The predicted octanol–water partition coefficient (Wildman–Crippen LogP) is 4.62. The van der Waals surface area contributed by atoms with Gasteiger partial charge >= 0.3 is 0 Å². The molecule has 0 spiro atoms. The summed E-state index contributed by atoms with van der Waals surface area (Å²) < 4.78 is 0. The van der Waals surface area contributed by atoms with Gasteiger partial charge in [-0.3, -0.25) is 9.59 Å². The van der Waals surface area contributed by atoms with Crippen molar-refractivity contribution < 1.29 is 9.59 Å². The van der Waals surface area contributed by atoms with Crippen LogP contribution in [0.15, 0.2) is 29.6 Å². The molecule has 2 heterocycles. The largest absolute Gasteiger partial charge is 0.370 e. The summed E-state index contributed by atoms with van der Waals surface area (Å²) in [7, 11) is 1.87. The van der Waals surface area contributed by atoms with Crippen LogP contribution in [0.2, 0.25) is 0 Å². The first-order valence-electron chi connectivity index (χ1n) is 11.5. The summed E-state index contributed by atoms with van der Waals surface area (Å²) in [6.07, 6.45) is 5.37. The van der Waals surface area contributed by atoms with Gasteiger partial charge in [0.05, 0.1) is 16.4 Å². The van der Waals surface area contributed by atoms with E-state index in [1.807, 2.05) is 35.5 Å². The predicted molar refractivity (Wildman–Crippen MR) is 139 cm³/mol. The van der Waals surface area contributed by atoms with E-state index in [1.54, 1.807) is 0 Å². The summed E-state index contributed by atoms with van der Waals surface area (Å²) in [6.45, 7) is 6.30.